The molecule has 0 N–H and O–H groups in total. The molecule has 322 valence electrons. The Bertz CT molecular complexity index is 867. The highest BCUT2D eigenvalue weighted by molar-refractivity contribution is 7.81. The van der Waals surface area contributed by atoms with E-state index in [-0.39, 0.29) is 42.8 Å². The van der Waals surface area contributed by atoms with Crippen LogP contribution in [0.2, 0.25) is 0 Å². The lowest BCUT2D eigenvalue weighted by atomic mass is 10.1. The summed E-state index contributed by atoms with van der Waals surface area (Å²) in [5.74, 6) is -0.176. The summed E-state index contributed by atoms with van der Waals surface area (Å²) < 4.78 is 16.6. The molecule has 0 fully saturated rings. The molecule has 0 bridgehead atoms. The van der Waals surface area contributed by atoms with Crippen LogP contribution in [0.25, 0.3) is 0 Å². The third-order valence-electron chi connectivity index (χ3n) is 10.1. The van der Waals surface area contributed by atoms with Gasteiger partial charge in [0.2, 0.25) is 0 Å². The number of carbonyl (C=O) groups is 3. The summed E-state index contributed by atoms with van der Waals surface area (Å²) in [4.78, 5) is 37.6. The molecule has 0 saturated carbocycles. The molecule has 0 aromatic heterocycles. The number of allylic oxidation sites excluding steroid dienone is 4. The predicted octanol–water partition coefficient (Wildman–Crippen LogP) is 14.2. The summed E-state index contributed by atoms with van der Waals surface area (Å²) in [6, 6.07) is 0. The maximum Gasteiger partial charge on any atom is 0.306 e. The van der Waals surface area contributed by atoms with E-state index in [0.29, 0.717) is 19.3 Å². The highest BCUT2D eigenvalue weighted by atomic mass is 32.1. The molecule has 0 heterocycles. The first-order chi connectivity index (χ1) is 26.9. The normalized spacial score (nSPS) is 12.2. The molecule has 8 heteroatoms. The van der Waals surface area contributed by atoms with Crippen LogP contribution < -0.4 is 0 Å². The van der Waals surface area contributed by atoms with Crippen LogP contribution in [0.1, 0.15) is 226 Å². The fraction of sp³-hybridized carbons (Fsp3) is 0.851. The molecule has 1 atom stereocenters. The summed E-state index contributed by atoms with van der Waals surface area (Å²) in [7, 11) is 0. The lowest BCUT2D eigenvalue weighted by molar-refractivity contribution is -0.167. The average molecular weight is 811 g/mol. The van der Waals surface area contributed by atoms with E-state index in [2.05, 4.69) is 63.4 Å². The van der Waals surface area contributed by atoms with Crippen molar-refractivity contribution in [2.24, 2.45) is 0 Å². The van der Waals surface area contributed by atoms with Crippen molar-refractivity contribution in [1.82, 2.24) is 0 Å². The number of thiol groups is 2. The Balaban J connectivity index is 4.29. The molecule has 0 aromatic rings. The average Bonchev–Trinajstić information content (AvgIpc) is 3.17. The van der Waals surface area contributed by atoms with E-state index in [9.17, 15) is 14.4 Å². The first kappa shape index (κ1) is 53.6. The second-order valence-electron chi connectivity index (χ2n) is 15.6. The Morgan fingerprint density at radius 2 is 0.800 bits per heavy atom. The summed E-state index contributed by atoms with van der Waals surface area (Å²) in [6.45, 7) is 4.31. The van der Waals surface area contributed by atoms with Crippen LogP contribution in [-0.2, 0) is 28.6 Å². The quantitative estimate of drug-likeness (QED) is 0.0210. The van der Waals surface area contributed by atoms with Gasteiger partial charge in [-0.2, -0.15) is 25.3 Å². The van der Waals surface area contributed by atoms with Gasteiger partial charge in [-0.05, 0) is 89.2 Å². The first-order valence-corrected chi connectivity index (χ1v) is 24.2. The molecule has 0 aliphatic rings. The van der Waals surface area contributed by atoms with Gasteiger partial charge in [-0.1, -0.05) is 147 Å². The van der Waals surface area contributed by atoms with E-state index in [1.165, 1.54) is 116 Å². The van der Waals surface area contributed by atoms with Crippen molar-refractivity contribution in [2.75, 3.05) is 19.0 Å². The largest absolute Gasteiger partial charge is 0.462 e. The van der Waals surface area contributed by atoms with Crippen LogP contribution in [0.3, 0.4) is 0 Å². The number of rotatable bonds is 42. The second-order valence-corrected chi connectivity index (χ2v) is 16.7. The molecular weight excluding hydrogens is 725 g/mol. The fourth-order valence-corrected chi connectivity index (χ4v) is 7.33. The number of unbranched alkanes of at least 4 members (excludes halogenated alkanes) is 23. The van der Waals surface area contributed by atoms with Crippen LogP contribution in [0.15, 0.2) is 24.3 Å². The number of ether oxygens (including phenoxy) is 3. The van der Waals surface area contributed by atoms with E-state index in [1.807, 2.05) is 0 Å². The van der Waals surface area contributed by atoms with Gasteiger partial charge in [-0.15, -0.1) is 0 Å². The van der Waals surface area contributed by atoms with Crippen molar-refractivity contribution in [3.05, 3.63) is 24.3 Å². The van der Waals surface area contributed by atoms with Gasteiger partial charge >= 0.3 is 17.9 Å². The first-order valence-electron chi connectivity index (χ1n) is 23.0. The number of esters is 3. The maximum absolute atomic E-state index is 12.6. The van der Waals surface area contributed by atoms with Crippen molar-refractivity contribution in [3.8, 4) is 0 Å². The van der Waals surface area contributed by atoms with Crippen LogP contribution in [0.5, 0.6) is 0 Å². The van der Waals surface area contributed by atoms with Gasteiger partial charge in [0.15, 0.2) is 6.10 Å². The minimum absolute atomic E-state index is 0.100. The van der Waals surface area contributed by atoms with Gasteiger partial charge in [0.1, 0.15) is 13.2 Å². The predicted molar refractivity (Wildman–Crippen MR) is 240 cm³/mol. The van der Waals surface area contributed by atoms with E-state index >= 15 is 0 Å². The number of hydrogen-bond donors (Lipinski definition) is 2. The lowest BCUT2D eigenvalue weighted by Gasteiger charge is -2.18. The van der Waals surface area contributed by atoms with Gasteiger partial charge in [-0.3, -0.25) is 14.4 Å². The second kappa shape index (κ2) is 43.7. The van der Waals surface area contributed by atoms with E-state index in [4.69, 9.17) is 14.2 Å². The smallest absolute Gasteiger partial charge is 0.306 e. The molecule has 0 aromatic carbocycles. The highest BCUT2D eigenvalue weighted by Crippen LogP contribution is 2.15. The van der Waals surface area contributed by atoms with Gasteiger partial charge in [-0.25, -0.2) is 0 Å². The van der Waals surface area contributed by atoms with Crippen molar-refractivity contribution in [1.29, 1.82) is 0 Å². The Morgan fingerprint density at radius 1 is 0.455 bits per heavy atom. The van der Waals surface area contributed by atoms with Crippen LogP contribution in [0.4, 0.5) is 0 Å². The number of hydrogen-bond acceptors (Lipinski definition) is 8. The fourth-order valence-electron chi connectivity index (χ4n) is 6.50. The van der Waals surface area contributed by atoms with Gasteiger partial charge in [0, 0.05) is 24.5 Å². The molecular formula is C47H86O6S2. The summed E-state index contributed by atoms with van der Waals surface area (Å²) in [5.41, 5.74) is 0. The zero-order valence-corrected chi connectivity index (χ0v) is 37.6. The Labute approximate surface area is 350 Å². The van der Waals surface area contributed by atoms with Crippen molar-refractivity contribution < 1.29 is 28.6 Å². The minimum atomic E-state index is -0.801. The molecule has 0 saturated heterocycles. The highest BCUT2D eigenvalue weighted by Gasteiger charge is 2.19. The molecule has 6 nitrogen and oxygen atoms in total. The van der Waals surface area contributed by atoms with Crippen LogP contribution >= 0.6 is 25.3 Å². The van der Waals surface area contributed by atoms with E-state index in [0.717, 1.165) is 76.4 Å². The standard InChI is InChI=1S/C47H86O6S2/c1-3-5-7-9-11-13-15-17-19-21-23-25-27-29-31-36-45(48)51-41-43(53-47(50)38-34-33-35-44(55)39-40-54)42-52-46(49)37-32-30-28-26-24-22-20-18-16-14-12-10-8-6-4-2/h17-20,43-44,54-55H,3-16,21-42H2,1-2H3/b19-17+,20-18+. The minimum Gasteiger partial charge on any atom is -0.462 e. The summed E-state index contributed by atoms with van der Waals surface area (Å²) >= 11 is 8.82. The van der Waals surface area contributed by atoms with Gasteiger partial charge in [0.25, 0.3) is 0 Å². The monoisotopic (exact) mass is 811 g/mol. The SMILES string of the molecule is CCCCCCCC/C=C/CCCCCCCC(=O)OCC(COC(=O)CCCCCCC/C=C/CCCCCCCC)OC(=O)CCCCC(S)CCS. The van der Waals surface area contributed by atoms with Crippen molar-refractivity contribution in [3.63, 3.8) is 0 Å². The molecule has 55 heavy (non-hydrogen) atoms. The van der Waals surface area contributed by atoms with Crippen LogP contribution in [-0.4, -0.2) is 48.2 Å². The molecule has 0 aliphatic heterocycles. The van der Waals surface area contributed by atoms with Crippen LogP contribution in [0, 0.1) is 0 Å². The summed E-state index contributed by atoms with van der Waals surface area (Å²) in [6.07, 6.45) is 44.1. The third kappa shape index (κ3) is 42.0. The van der Waals surface area contributed by atoms with Crippen molar-refractivity contribution in [2.45, 2.75) is 237 Å². The van der Waals surface area contributed by atoms with E-state index < -0.39 is 6.10 Å². The molecule has 0 amide bonds. The molecule has 0 aliphatic carbocycles. The maximum atomic E-state index is 12.6. The zero-order valence-electron chi connectivity index (χ0n) is 35.8. The topological polar surface area (TPSA) is 78.9 Å². The summed E-state index contributed by atoms with van der Waals surface area (Å²) in [5, 5.41) is 0.281. The van der Waals surface area contributed by atoms with Crippen molar-refractivity contribution >= 4 is 43.2 Å². The Kier molecular flexibility index (Phi) is 42.6. The lowest BCUT2D eigenvalue weighted by Crippen LogP contribution is -2.30. The zero-order chi connectivity index (χ0) is 40.3. The number of carbonyl (C=O) groups excluding carboxylic acids is 3. The Morgan fingerprint density at radius 3 is 1.20 bits per heavy atom. The van der Waals surface area contributed by atoms with Gasteiger partial charge in [0.05, 0.1) is 0 Å². The molecule has 0 spiro atoms. The van der Waals surface area contributed by atoms with Gasteiger partial charge < -0.3 is 14.2 Å². The molecule has 0 radical (unpaired) electrons. The Hall–Kier alpha value is -1.41. The molecule has 1 unspecified atom stereocenters. The molecule has 0 rings (SSSR count). The van der Waals surface area contributed by atoms with E-state index in [1.54, 1.807) is 0 Å². The third-order valence-corrected chi connectivity index (χ3v) is 10.8.